The van der Waals surface area contributed by atoms with Crippen LogP contribution in [-0.2, 0) is 0 Å². The minimum absolute atomic E-state index is 0.0415. The van der Waals surface area contributed by atoms with Crippen molar-refractivity contribution in [3.8, 4) is 0 Å². The second kappa shape index (κ2) is 5.68. The van der Waals surface area contributed by atoms with Gasteiger partial charge in [0.25, 0.3) is 0 Å². The smallest absolute Gasteiger partial charge is 0.177 e. The van der Waals surface area contributed by atoms with Gasteiger partial charge in [-0.1, -0.05) is 29.8 Å². The number of carbonyl (C=O) groups excluding carboxylic acids is 1. The third-order valence-electron chi connectivity index (χ3n) is 3.90. The van der Waals surface area contributed by atoms with Gasteiger partial charge in [0, 0.05) is 29.9 Å². The van der Waals surface area contributed by atoms with E-state index >= 15 is 0 Å². The fourth-order valence-corrected chi connectivity index (χ4v) is 3.77. The number of hydrogen-bond acceptors (Lipinski definition) is 3. The van der Waals surface area contributed by atoms with Gasteiger partial charge in [0.15, 0.2) is 5.78 Å². The zero-order valence-corrected chi connectivity index (χ0v) is 12.8. The van der Waals surface area contributed by atoms with Crippen LogP contribution in [0.25, 0.3) is 0 Å². The predicted molar refractivity (Wildman–Crippen MR) is 83.8 cm³/mol. The quantitative estimate of drug-likeness (QED) is 0.801. The first kappa shape index (κ1) is 13.8. The second-order valence-corrected chi connectivity index (χ2v) is 6.71. The van der Waals surface area contributed by atoms with E-state index < -0.39 is 0 Å². The molecule has 2 aromatic rings. The second-order valence-electron chi connectivity index (χ2n) is 5.33. The highest BCUT2D eigenvalue weighted by atomic mass is 35.5. The number of halogens is 1. The summed E-state index contributed by atoms with van der Waals surface area (Å²) in [6.45, 7) is 1.74. The Balaban J connectivity index is 1.89. The average molecular weight is 306 g/mol. The van der Waals surface area contributed by atoms with Gasteiger partial charge in [0.2, 0.25) is 0 Å². The van der Waals surface area contributed by atoms with Crippen LogP contribution in [0, 0.1) is 5.92 Å². The Morgan fingerprint density at radius 2 is 2.00 bits per heavy atom. The minimum Gasteiger partial charge on any atom is -0.305 e. The monoisotopic (exact) mass is 305 g/mol. The van der Waals surface area contributed by atoms with Crippen molar-refractivity contribution >= 4 is 28.7 Å². The average Bonchev–Trinajstić information content (AvgIpc) is 3.08. The molecule has 4 heteroatoms. The number of hydrogen-bond donors (Lipinski definition) is 0. The molecule has 0 aliphatic carbocycles. The molecule has 0 bridgehead atoms. The third-order valence-corrected chi connectivity index (χ3v) is 5.04. The highest BCUT2D eigenvalue weighted by molar-refractivity contribution is 7.12. The molecular formula is C16H16ClNOS. The van der Waals surface area contributed by atoms with Crippen LogP contribution in [-0.4, -0.2) is 30.8 Å². The van der Waals surface area contributed by atoms with E-state index in [0.29, 0.717) is 0 Å². The van der Waals surface area contributed by atoms with Crippen molar-refractivity contribution in [1.29, 1.82) is 0 Å². The number of likely N-dealkylation sites (N-methyl/N-ethyl adjacent to an activating group) is 1. The Morgan fingerprint density at radius 3 is 2.65 bits per heavy atom. The van der Waals surface area contributed by atoms with Crippen LogP contribution in [0.3, 0.4) is 0 Å². The summed E-state index contributed by atoms with van der Waals surface area (Å²) in [5, 5.41) is 2.70. The third kappa shape index (κ3) is 2.66. The fourth-order valence-electron chi connectivity index (χ4n) is 2.92. The van der Waals surface area contributed by atoms with Crippen LogP contribution in [0.15, 0.2) is 41.8 Å². The van der Waals surface area contributed by atoms with Crippen molar-refractivity contribution in [3.63, 3.8) is 0 Å². The molecule has 3 rings (SSSR count). The summed E-state index contributed by atoms with van der Waals surface area (Å²) >= 11 is 7.48. The van der Waals surface area contributed by atoms with E-state index in [0.717, 1.165) is 23.0 Å². The van der Waals surface area contributed by atoms with Gasteiger partial charge in [0.05, 0.1) is 4.88 Å². The molecule has 1 saturated heterocycles. The molecule has 0 N–H and O–H groups in total. The molecule has 0 unspecified atom stereocenters. The maximum Gasteiger partial charge on any atom is 0.177 e. The Hall–Kier alpha value is -1.16. The molecule has 2 atom stereocenters. The summed E-state index contributed by atoms with van der Waals surface area (Å²) in [5.41, 5.74) is 1.20. The van der Waals surface area contributed by atoms with Gasteiger partial charge in [-0.05, 0) is 36.2 Å². The largest absolute Gasteiger partial charge is 0.305 e. The van der Waals surface area contributed by atoms with Crippen molar-refractivity contribution in [1.82, 2.24) is 4.90 Å². The highest BCUT2D eigenvalue weighted by Crippen LogP contribution is 2.35. The van der Waals surface area contributed by atoms with E-state index in [1.807, 2.05) is 41.8 Å². The van der Waals surface area contributed by atoms with E-state index in [-0.39, 0.29) is 17.6 Å². The van der Waals surface area contributed by atoms with E-state index in [1.54, 1.807) is 0 Å². The first-order valence-corrected chi connectivity index (χ1v) is 7.92. The molecular weight excluding hydrogens is 290 g/mol. The van der Waals surface area contributed by atoms with Crippen LogP contribution >= 0.6 is 22.9 Å². The lowest BCUT2D eigenvalue weighted by Crippen LogP contribution is -2.21. The maximum absolute atomic E-state index is 12.7. The van der Waals surface area contributed by atoms with Crippen LogP contribution in [0.1, 0.15) is 21.2 Å². The van der Waals surface area contributed by atoms with Gasteiger partial charge < -0.3 is 4.90 Å². The lowest BCUT2D eigenvalue weighted by atomic mass is 9.85. The molecule has 20 heavy (non-hydrogen) atoms. The Morgan fingerprint density at radius 1 is 1.25 bits per heavy atom. The molecule has 1 aromatic carbocycles. The fraction of sp³-hybridized carbons (Fsp3) is 0.312. The number of nitrogens with zero attached hydrogens (tertiary/aromatic N) is 1. The molecule has 1 aliphatic rings. The van der Waals surface area contributed by atoms with Gasteiger partial charge in [-0.25, -0.2) is 0 Å². The lowest BCUT2D eigenvalue weighted by molar-refractivity contribution is 0.0920. The molecule has 2 nitrogen and oxygen atoms in total. The number of ketones is 1. The molecule has 0 saturated carbocycles. The number of benzene rings is 1. The van der Waals surface area contributed by atoms with E-state index in [1.165, 1.54) is 16.9 Å². The summed E-state index contributed by atoms with van der Waals surface area (Å²) in [7, 11) is 2.07. The molecule has 0 amide bonds. The summed E-state index contributed by atoms with van der Waals surface area (Å²) < 4.78 is 0. The molecule has 2 heterocycles. The summed E-state index contributed by atoms with van der Waals surface area (Å²) in [4.78, 5) is 15.8. The van der Waals surface area contributed by atoms with Gasteiger partial charge in [-0.2, -0.15) is 0 Å². The number of thiophene rings is 1. The highest BCUT2D eigenvalue weighted by Gasteiger charge is 2.37. The minimum atomic E-state index is 0.0415. The van der Waals surface area contributed by atoms with Gasteiger partial charge >= 0.3 is 0 Å². The molecule has 1 fully saturated rings. The maximum atomic E-state index is 12.7. The zero-order valence-electron chi connectivity index (χ0n) is 11.3. The van der Waals surface area contributed by atoms with Crippen LogP contribution in [0.2, 0.25) is 5.02 Å². The van der Waals surface area contributed by atoms with Gasteiger partial charge in [0.1, 0.15) is 0 Å². The van der Waals surface area contributed by atoms with Crippen LogP contribution in [0.4, 0.5) is 0 Å². The number of Topliss-reactive ketones (excluding diaryl/α,β-unsaturated/α-hetero) is 1. The number of rotatable bonds is 3. The predicted octanol–water partition coefficient (Wildman–Crippen LogP) is 3.93. The van der Waals surface area contributed by atoms with E-state index in [2.05, 4.69) is 11.9 Å². The number of carbonyl (C=O) groups is 1. The first-order valence-electron chi connectivity index (χ1n) is 6.67. The normalized spacial score (nSPS) is 23.1. The molecule has 1 aliphatic heterocycles. The Kier molecular flexibility index (Phi) is 3.92. The van der Waals surface area contributed by atoms with Crippen LogP contribution < -0.4 is 0 Å². The number of likely N-dealkylation sites (tertiary alicyclic amines) is 1. The van der Waals surface area contributed by atoms with Crippen molar-refractivity contribution in [2.24, 2.45) is 5.92 Å². The summed E-state index contributed by atoms with van der Waals surface area (Å²) in [5.74, 6) is 0.566. The van der Waals surface area contributed by atoms with Crippen molar-refractivity contribution < 1.29 is 4.79 Å². The van der Waals surface area contributed by atoms with E-state index in [4.69, 9.17) is 11.6 Å². The Labute approximate surface area is 128 Å². The summed E-state index contributed by atoms with van der Waals surface area (Å²) in [6.07, 6.45) is 0. The molecule has 0 radical (unpaired) electrons. The Bertz CT molecular complexity index is 593. The van der Waals surface area contributed by atoms with Gasteiger partial charge in [-0.15, -0.1) is 11.3 Å². The zero-order chi connectivity index (χ0) is 14.1. The topological polar surface area (TPSA) is 20.3 Å². The SMILES string of the molecule is CN1C[C@H](C(=O)c2cccs2)[C@H](c2ccc(Cl)cc2)C1. The summed E-state index contributed by atoms with van der Waals surface area (Å²) in [6, 6.07) is 11.8. The van der Waals surface area contributed by atoms with Crippen molar-refractivity contribution in [2.75, 3.05) is 20.1 Å². The van der Waals surface area contributed by atoms with Crippen LogP contribution in [0.5, 0.6) is 0 Å². The van der Waals surface area contributed by atoms with Gasteiger partial charge in [-0.3, -0.25) is 4.79 Å². The lowest BCUT2D eigenvalue weighted by Gasteiger charge is -2.17. The molecule has 0 spiro atoms. The van der Waals surface area contributed by atoms with Crippen molar-refractivity contribution in [2.45, 2.75) is 5.92 Å². The first-order chi connectivity index (χ1) is 9.65. The standard InChI is InChI=1S/C16H16ClNOS/c1-18-9-13(11-4-6-12(17)7-5-11)14(10-18)16(19)15-3-2-8-20-15/h2-8,13-14H,9-10H2,1H3/t13-,14-/m0/s1. The van der Waals surface area contributed by atoms with E-state index in [9.17, 15) is 4.79 Å². The molecule has 104 valence electrons. The van der Waals surface area contributed by atoms with Crippen molar-refractivity contribution in [3.05, 3.63) is 57.2 Å². The molecule has 1 aromatic heterocycles.